The zero-order valence-corrected chi connectivity index (χ0v) is 12.3. The molecule has 0 bridgehead atoms. The van der Waals surface area contributed by atoms with Gasteiger partial charge in [-0.15, -0.1) is 0 Å². The molecule has 0 fully saturated rings. The second-order valence-electron chi connectivity index (χ2n) is 3.87. The number of aromatic amines is 1. The topological polar surface area (TPSA) is 101 Å². The fraction of sp³-hybridized carbons (Fsp3) is 0.182. The van der Waals surface area contributed by atoms with Crippen molar-refractivity contribution < 1.29 is 8.42 Å². The number of H-pyrrole nitrogens is 1. The van der Waals surface area contributed by atoms with Crippen molar-refractivity contribution in [3.63, 3.8) is 0 Å². The minimum atomic E-state index is -3.58. The molecule has 0 unspecified atom stereocenters. The van der Waals surface area contributed by atoms with Gasteiger partial charge in [-0.1, -0.05) is 6.07 Å². The maximum Gasteiger partial charge on any atom is 0.242 e. The summed E-state index contributed by atoms with van der Waals surface area (Å²) in [5, 5.41) is 0. The molecule has 0 amide bonds. The first-order valence-corrected chi connectivity index (χ1v) is 7.76. The van der Waals surface area contributed by atoms with Crippen molar-refractivity contribution in [2.75, 3.05) is 0 Å². The number of benzene rings is 1. The first kappa shape index (κ1) is 14.2. The number of sulfonamides is 1. The van der Waals surface area contributed by atoms with Gasteiger partial charge >= 0.3 is 0 Å². The summed E-state index contributed by atoms with van der Waals surface area (Å²) in [4.78, 5) is 6.83. The van der Waals surface area contributed by atoms with Crippen LogP contribution in [0.2, 0.25) is 0 Å². The molecule has 1 aromatic heterocycles. The Morgan fingerprint density at radius 1 is 1.42 bits per heavy atom. The van der Waals surface area contributed by atoms with Gasteiger partial charge in [0.25, 0.3) is 0 Å². The van der Waals surface area contributed by atoms with Crippen molar-refractivity contribution >= 4 is 26.0 Å². The molecule has 1 aromatic carbocycles. The molecule has 0 aliphatic heterocycles. The second-order valence-corrected chi connectivity index (χ2v) is 6.46. The third-order valence-corrected chi connectivity index (χ3v) is 4.91. The van der Waals surface area contributed by atoms with E-state index < -0.39 is 10.0 Å². The van der Waals surface area contributed by atoms with E-state index in [4.69, 9.17) is 5.73 Å². The third kappa shape index (κ3) is 3.41. The molecule has 0 saturated heterocycles. The molecule has 0 spiro atoms. The van der Waals surface area contributed by atoms with Gasteiger partial charge in [0.1, 0.15) is 0 Å². The smallest absolute Gasteiger partial charge is 0.242 e. The predicted molar refractivity (Wildman–Crippen MR) is 74.6 cm³/mol. The molecular weight excluding hydrogens is 332 g/mol. The van der Waals surface area contributed by atoms with Gasteiger partial charge in [-0.3, -0.25) is 0 Å². The van der Waals surface area contributed by atoms with Crippen molar-refractivity contribution in [3.05, 3.63) is 46.5 Å². The molecule has 0 aliphatic rings. The molecule has 0 radical (unpaired) electrons. The van der Waals surface area contributed by atoms with Crippen LogP contribution in [0.5, 0.6) is 0 Å². The van der Waals surface area contributed by atoms with E-state index in [1.54, 1.807) is 18.3 Å². The quantitative estimate of drug-likeness (QED) is 0.756. The Hall–Kier alpha value is -1.22. The predicted octanol–water partition coefficient (Wildman–Crippen LogP) is 1.11. The highest BCUT2D eigenvalue weighted by Crippen LogP contribution is 2.23. The van der Waals surface area contributed by atoms with Crippen LogP contribution in [0.3, 0.4) is 0 Å². The van der Waals surface area contributed by atoms with E-state index >= 15 is 0 Å². The molecule has 1 heterocycles. The second kappa shape index (κ2) is 5.83. The van der Waals surface area contributed by atoms with Gasteiger partial charge in [-0.2, -0.15) is 0 Å². The van der Waals surface area contributed by atoms with E-state index in [-0.39, 0.29) is 11.4 Å². The number of nitrogens with zero attached hydrogens (tertiary/aromatic N) is 1. The Bertz CT molecular complexity index is 655. The Kier molecular flexibility index (Phi) is 4.35. The van der Waals surface area contributed by atoms with Gasteiger partial charge in [0.2, 0.25) is 10.0 Å². The first-order chi connectivity index (χ1) is 9.03. The number of aromatic nitrogens is 2. The molecule has 8 heteroatoms. The van der Waals surface area contributed by atoms with Crippen LogP contribution in [0.1, 0.15) is 11.3 Å². The van der Waals surface area contributed by atoms with Gasteiger partial charge in [-0.05, 0) is 33.6 Å². The van der Waals surface area contributed by atoms with Crippen LogP contribution in [-0.2, 0) is 23.1 Å². The average molecular weight is 345 g/mol. The largest absolute Gasteiger partial charge is 0.347 e. The van der Waals surface area contributed by atoms with Crippen molar-refractivity contribution in [2.45, 2.75) is 18.0 Å². The summed E-state index contributed by atoms with van der Waals surface area (Å²) >= 11 is 3.25. The number of halogens is 1. The van der Waals surface area contributed by atoms with Gasteiger partial charge in [0, 0.05) is 22.9 Å². The summed E-state index contributed by atoms with van der Waals surface area (Å²) in [5.74, 6) is 0. The number of hydrogen-bond donors (Lipinski definition) is 3. The highest BCUT2D eigenvalue weighted by Gasteiger charge is 2.17. The molecule has 4 N–H and O–H groups in total. The van der Waals surface area contributed by atoms with E-state index in [2.05, 4.69) is 30.6 Å². The average Bonchev–Trinajstić information content (AvgIpc) is 2.89. The van der Waals surface area contributed by atoms with Crippen LogP contribution in [0.15, 0.2) is 40.1 Å². The zero-order chi connectivity index (χ0) is 13.9. The summed E-state index contributed by atoms with van der Waals surface area (Å²) < 4.78 is 27.3. The lowest BCUT2D eigenvalue weighted by molar-refractivity contribution is 0.580. The number of hydrogen-bond acceptors (Lipinski definition) is 4. The van der Waals surface area contributed by atoms with Crippen LogP contribution >= 0.6 is 15.9 Å². The van der Waals surface area contributed by atoms with Gasteiger partial charge in [-0.25, -0.2) is 18.1 Å². The molecule has 6 nitrogen and oxygen atoms in total. The molecule has 0 aliphatic carbocycles. The van der Waals surface area contributed by atoms with Crippen molar-refractivity contribution in [1.29, 1.82) is 0 Å². The Labute approximate surface area is 119 Å². The SMILES string of the molecule is NCc1ccc(S(=O)(=O)NCc2cnc[nH]2)c(Br)c1. The fourth-order valence-corrected chi connectivity index (χ4v) is 3.65. The molecule has 0 saturated carbocycles. The standard InChI is InChI=1S/C11H13BrN4O2S/c12-10-3-8(4-13)1-2-11(10)19(17,18)16-6-9-5-14-7-15-9/h1-3,5,7,16H,4,6,13H2,(H,14,15). The lowest BCUT2D eigenvalue weighted by atomic mass is 10.2. The lowest BCUT2D eigenvalue weighted by Gasteiger charge is -2.08. The third-order valence-electron chi connectivity index (χ3n) is 2.53. The molecule has 2 rings (SSSR count). The summed E-state index contributed by atoms with van der Waals surface area (Å²) in [6.07, 6.45) is 3.06. The number of nitrogens with two attached hydrogens (primary N) is 1. The van der Waals surface area contributed by atoms with E-state index in [0.717, 1.165) is 5.56 Å². The van der Waals surface area contributed by atoms with E-state index in [9.17, 15) is 8.42 Å². The number of imidazole rings is 1. The Morgan fingerprint density at radius 3 is 2.79 bits per heavy atom. The molecule has 19 heavy (non-hydrogen) atoms. The maximum absolute atomic E-state index is 12.1. The van der Waals surface area contributed by atoms with E-state index in [1.807, 2.05) is 0 Å². The summed E-state index contributed by atoms with van der Waals surface area (Å²) in [6.45, 7) is 0.522. The van der Waals surface area contributed by atoms with Crippen LogP contribution in [-0.4, -0.2) is 18.4 Å². The lowest BCUT2D eigenvalue weighted by Crippen LogP contribution is -2.23. The normalized spacial score (nSPS) is 11.7. The van der Waals surface area contributed by atoms with Crippen LogP contribution in [0, 0.1) is 0 Å². The highest BCUT2D eigenvalue weighted by atomic mass is 79.9. The Balaban J connectivity index is 2.19. The summed E-state index contributed by atoms with van der Waals surface area (Å²) in [5.41, 5.74) is 7.06. The van der Waals surface area contributed by atoms with Crippen molar-refractivity contribution in [2.24, 2.45) is 5.73 Å². The van der Waals surface area contributed by atoms with Gasteiger partial charge in [0.15, 0.2) is 0 Å². The maximum atomic E-state index is 12.1. The van der Waals surface area contributed by atoms with Crippen molar-refractivity contribution in [1.82, 2.24) is 14.7 Å². The van der Waals surface area contributed by atoms with Crippen LogP contribution in [0.25, 0.3) is 0 Å². The van der Waals surface area contributed by atoms with Gasteiger partial charge < -0.3 is 10.7 Å². The minimum Gasteiger partial charge on any atom is -0.347 e. The Morgan fingerprint density at radius 2 is 2.21 bits per heavy atom. The van der Waals surface area contributed by atoms with E-state index in [0.29, 0.717) is 16.7 Å². The summed E-state index contributed by atoms with van der Waals surface area (Å²) in [7, 11) is -3.58. The molecular formula is C11H13BrN4O2S. The summed E-state index contributed by atoms with van der Waals surface area (Å²) in [6, 6.07) is 4.92. The zero-order valence-electron chi connectivity index (χ0n) is 9.93. The van der Waals surface area contributed by atoms with E-state index in [1.165, 1.54) is 12.4 Å². The molecule has 102 valence electrons. The minimum absolute atomic E-state index is 0.160. The number of nitrogens with one attached hydrogen (secondary N) is 2. The molecule has 0 atom stereocenters. The van der Waals surface area contributed by atoms with Gasteiger partial charge in [0.05, 0.1) is 17.8 Å². The first-order valence-electron chi connectivity index (χ1n) is 5.48. The van der Waals surface area contributed by atoms with Crippen molar-refractivity contribution in [3.8, 4) is 0 Å². The van der Waals surface area contributed by atoms with Crippen LogP contribution < -0.4 is 10.5 Å². The monoisotopic (exact) mass is 344 g/mol. The molecule has 2 aromatic rings. The van der Waals surface area contributed by atoms with Crippen LogP contribution in [0.4, 0.5) is 0 Å². The highest BCUT2D eigenvalue weighted by molar-refractivity contribution is 9.10. The fourth-order valence-electron chi connectivity index (χ4n) is 1.52. The number of rotatable bonds is 5.